The summed E-state index contributed by atoms with van der Waals surface area (Å²) in [6.07, 6.45) is 4.03. The van der Waals surface area contributed by atoms with Gasteiger partial charge in [0, 0.05) is 19.6 Å². The van der Waals surface area contributed by atoms with Gasteiger partial charge in [0.05, 0.1) is 6.42 Å². The number of benzene rings is 1. The lowest BCUT2D eigenvalue weighted by Crippen LogP contribution is -2.42. The third kappa shape index (κ3) is 2.67. The summed E-state index contributed by atoms with van der Waals surface area (Å²) in [6.45, 7) is 0.497. The van der Waals surface area contributed by atoms with Gasteiger partial charge in [0.15, 0.2) is 0 Å². The molecule has 17 heavy (non-hydrogen) atoms. The van der Waals surface area contributed by atoms with Gasteiger partial charge in [-0.1, -0.05) is 24.3 Å². The van der Waals surface area contributed by atoms with Crippen molar-refractivity contribution in [3.05, 3.63) is 35.4 Å². The summed E-state index contributed by atoms with van der Waals surface area (Å²) < 4.78 is 0. The first kappa shape index (κ1) is 12.1. The Bertz CT molecular complexity index is 399. The second-order valence-corrected chi connectivity index (χ2v) is 4.74. The maximum Gasteiger partial charge on any atom is 0.226 e. The Kier molecular flexibility index (Phi) is 3.79. The van der Waals surface area contributed by atoms with Gasteiger partial charge in [-0.15, -0.1) is 0 Å². The highest BCUT2D eigenvalue weighted by molar-refractivity contribution is 5.79. The van der Waals surface area contributed by atoms with Crippen molar-refractivity contribution in [2.45, 2.75) is 38.3 Å². The number of carbonyl (C=O) groups is 1. The molecule has 2 N–H and O–H groups in total. The fourth-order valence-corrected chi connectivity index (χ4v) is 2.19. The van der Waals surface area contributed by atoms with E-state index < -0.39 is 0 Å². The van der Waals surface area contributed by atoms with E-state index in [1.807, 2.05) is 36.2 Å². The maximum absolute atomic E-state index is 12.1. The molecule has 0 atom stereocenters. The van der Waals surface area contributed by atoms with Gasteiger partial charge >= 0.3 is 0 Å². The highest BCUT2D eigenvalue weighted by Gasteiger charge is 2.25. The van der Waals surface area contributed by atoms with Crippen LogP contribution in [0, 0.1) is 0 Å². The second kappa shape index (κ2) is 5.32. The van der Waals surface area contributed by atoms with Crippen LogP contribution in [0.2, 0.25) is 0 Å². The lowest BCUT2D eigenvalue weighted by Gasteiger charge is -2.35. The average molecular weight is 232 g/mol. The first-order valence-corrected chi connectivity index (χ1v) is 6.25. The summed E-state index contributed by atoms with van der Waals surface area (Å²) in [5.41, 5.74) is 7.81. The van der Waals surface area contributed by atoms with E-state index in [-0.39, 0.29) is 5.91 Å². The molecular formula is C14H20N2O. The molecule has 1 fully saturated rings. The predicted octanol–water partition coefficient (Wildman–Crippen LogP) is 1.70. The lowest BCUT2D eigenvalue weighted by molar-refractivity contribution is -0.132. The SMILES string of the molecule is CN(C(=O)Cc1ccccc1CN)C1CCC1. The van der Waals surface area contributed by atoms with E-state index in [0.717, 1.165) is 24.0 Å². The van der Waals surface area contributed by atoms with Crippen LogP contribution in [0.25, 0.3) is 0 Å². The van der Waals surface area contributed by atoms with Crippen molar-refractivity contribution >= 4 is 5.91 Å². The van der Waals surface area contributed by atoms with Crippen LogP contribution in [-0.2, 0) is 17.8 Å². The highest BCUT2D eigenvalue weighted by Crippen LogP contribution is 2.24. The van der Waals surface area contributed by atoms with E-state index in [2.05, 4.69) is 0 Å². The number of nitrogens with two attached hydrogens (primary N) is 1. The van der Waals surface area contributed by atoms with Crippen LogP contribution in [-0.4, -0.2) is 23.9 Å². The molecule has 0 spiro atoms. The number of hydrogen-bond acceptors (Lipinski definition) is 2. The molecule has 0 bridgehead atoms. The van der Waals surface area contributed by atoms with Gasteiger partial charge in [-0.3, -0.25) is 4.79 Å². The molecule has 1 saturated carbocycles. The van der Waals surface area contributed by atoms with E-state index in [0.29, 0.717) is 19.0 Å². The van der Waals surface area contributed by atoms with Gasteiger partial charge in [0.25, 0.3) is 0 Å². The topological polar surface area (TPSA) is 46.3 Å². The number of hydrogen-bond donors (Lipinski definition) is 1. The summed E-state index contributed by atoms with van der Waals surface area (Å²) in [5.74, 6) is 0.204. The first-order valence-electron chi connectivity index (χ1n) is 6.25. The number of nitrogens with zero attached hydrogens (tertiary/aromatic N) is 1. The molecule has 3 heteroatoms. The van der Waals surface area contributed by atoms with E-state index in [1.165, 1.54) is 6.42 Å². The molecule has 0 aliphatic heterocycles. The third-order valence-electron chi connectivity index (χ3n) is 3.70. The van der Waals surface area contributed by atoms with Crippen molar-refractivity contribution in [3.63, 3.8) is 0 Å². The van der Waals surface area contributed by atoms with Crippen LogP contribution < -0.4 is 5.73 Å². The van der Waals surface area contributed by atoms with Crippen LogP contribution >= 0.6 is 0 Å². The van der Waals surface area contributed by atoms with E-state index >= 15 is 0 Å². The Hall–Kier alpha value is -1.35. The van der Waals surface area contributed by atoms with Crippen LogP contribution in [0.5, 0.6) is 0 Å². The Morgan fingerprint density at radius 3 is 2.53 bits per heavy atom. The Balaban J connectivity index is 2.01. The fourth-order valence-electron chi connectivity index (χ4n) is 2.19. The zero-order valence-corrected chi connectivity index (χ0v) is 10.4. The second-order valence-electron chi connectivity index (χ2n) is 4.74. The molecule has 0 radical (unpaired) electrons. The van der Waals surface area contributed by atoms with Crippen molar-refractivity contribution < 1.29 is 4.79 Å². The maximum atomic E-state index is 12.1. The average Bonchev–Trinajstić information content (AvgIpc) is 2.27. The summed E-state index contributed by atoms with van der Waals surface area (Å²) in [4.78, 5) is 14.0. The first-order chi connectivity index (χ1) is 8.22. The van der Waals surface area contributed by atoms with Crippen LogP contribution in [0.4, 0.5) is 0 Å². The minimum absolute atomic E-state index is 0.204. The zero-order valence-electron chi connectivity index (χ0n) is 10.4. The van der Waals surface area contributed by atoms with Crippen molar-refractivity contribution in [2.24, 2.45) is 5.73 Å². The van der Waals surface area contributed by atoms with Gasteiger partial charge in [0.2, 0.25) is 5.91 Å². The standard InChI is InChI=1S/C14H20N2O/c1-16(13-7-4-8-13)14(17)9-11-5-2-3-6-12(11)10-15/h2-3,5-6,13H,4,7-10,15H2,1H3. The summed E-state index contributed by atoms with van der Waals surface area (Å²) >= 11 is 0. The predicted molar refractivity (Wildman–Crippen MR) is 68.4 cm³/mol. The van der Waals surface area contributed by atoms with Gasteiger partial charge in [0.1, 0.15) is 0 Å². The molecule has 1 aromatic carbocycles. The molecule has 2 rings (SSSR count). The number of carbonyl (C=O) groups excluding carboxylic acids is 1. The van der Waals surface area contributed by atoms with Crippen LogP contribution in [0.1, 0.15) is 30.4 Å². The summed E-state index contributed by atoms with van der Waals surface area (Å²) in [5, 5.41) is 0. The normalized spacial score (nSPS) is 15.4. The Morgan fingerprint density at radius 1 is 1.35 bits per heavy atom. The quantitative estimate of drug-likeness (QED) is 0.859. The monoisotopic (exact) mass is 232 g/mol. The minimum Gasteiger partial charge on any atom is -0.342 e. The van der Waals surface area contributed by atoms with Crippen molar-refractivity contribution in [1.82, 2.24) is 4.90 Å². The zero-order chi connectivity index (χ0) is 12.3. The summed E-state index contributed by atoms with van der Waals surface area (Å²) in [7, 11) is 1.91. The van der Waals surface area contributed by atoms with Crippen LogP contribution in [0.15, 0.2) is 24.3 Å². The van der Waals surface area contributed by atoms with Crippen molar-refractivity contribution in [1.29, 1.82) is 0 Å². The number of likely N-dealkylation sites (N-methyl/N-ethyl adjacent to an activating group) is 1. The molecule has 1 aromatic rings. The largest absolute Gasteiger partial charge is 0.342 e. The van der Waals surface area contributed by atoms with Crippen molar-refractivity contribution in [3.8, 4) is 0 Å². The van der Waals surface area contributed by atoms with E-state index in [9.17, 15) is 4.79 Å². The molecule has 0 saturated heterocycles. The van der Waals surface area contributed by atoms with E-state index in [4.69, 9.17) is 5.73 Å². The molecule has 1 amide bonds. The van der Waals surface area contributed by atoms with Crippen LogP contribution in [0.3, 0.4) is 0 Å². The van der Waals surface area contributed by atoms with Crippen molar-refractivity contribution in [2.75, 3.05) is 7.05 Å². The molecule has 1 aliphatic carbocycles. The molecular weight excluding hydrogens is 212 g/mol. The van der Waals surface area contributed by atoms with E-state index in [1.54, 1.807) is 0 Å². The third-order valence-corrected chi connectivity index (χ3v) is 3.70. The van der Waals surface area contributed by atoms with Gasteiger partial charge in [-0.25, -0.2) is 0 Å². The lowest BCUT2D eigenvalue weighted by atomic mass is 9.91. The number of rotatable bonds is 4. The molecule has 1 aliphatic rings. The molecule has 0 unspecified atom stereocenters. The Labute approximate surface area is 103 Å². The molecule has 92 valence electrons. The summed E-state index contributed by atoms with van der Waals surface area (Å²) in [6, 6.07) is 8.38. The Morgan fingerprint density at radius 2 is 2.00 bits per heavy atom. The minimum atomic E-state index is 0.204. The van der Waals surface area contributed by atoms with Gasteiger partial charge < -0.3 is 10.6 Å². The molecule has 0 heterocycles. The molecule has 0 aromatic heterocycles. The number of amides is 1. The van der Waals surface area contributed by atoms with Gasteiger partial charge in [-0.2, -0.15) is 0 Å². The van der Waals surface area contributed by atoms with Gasteiger partial charge in [-0.05, 0) is 30.4 Å². The highest BCUT2D eigenvalue weighted by atomic mass is 16.2. The smallest absolute Gasteiger partial charge is 0.226 e. The molecule has 3 nitrogen and oxygen atoms in total. The fraction of sp³-hybridized carbons (Fsp3) is 0.500.